The third-order valence-electron chi connectivity index (χ3n) is 7.44. The number of carbonyl (C=O) groups is 2. The number of rotatable bonds is 14. The number of nitrogens with one attached hydrogen (secondary N) is 1. The van der Waals surface area contributed by atoms with E-state index in [1.54, 1.807) is 42.3 Å². The molecular weight excluding hydrogens is 620 g/mol. The van der Waals surface area contributed by atoms with Gasteiger partial charge in [-0.15, -0.1) is 0 Å². The fraction of sp³-hybridized carbons (Fsp3) is 0.314. The van der Waals surface area contributed by atoms with Crippen molar-refractivity contribution in [2.45, 2.75) is 38.5 Å². The molecule has 1 aromatic heterocycles. The van der Waals surface area contributed by atoms with Crippen LogP contribution in [0.25, 0.3) is 0 Å². The summed E-state index contributed by atoms with van der Waals surface area (Å²) < 4.78 is 27.7. The van der Waals surface area contributed by atoms with Crippen LogP contribution >= 0.6 is 11.8 Å². The summed E-state index contributed by atoms with van der Waals surface area (Å²) in [4.78, 5) is 39.4. The van der Waals surface area contributed by atoms with Crippen molar-refractivity contribution in [1.29, 1.82) is 0 Å². The highest BCUT2D eigenvalue weighted by Crippen LogP contribution is 2.42. The minimum Gasteiger partial charge on any atom is -0.497 e. The van der Waals surface area contributed by atoms with Crippen molar-refractivity contribution in [2.24, 2.45) is 0 Å². The van der Waals surface area contributed by atoms with Gasteiger partial charge in [-0.3, -0.25) is 9.59 Å². The van der Waals surface area contributed by atoms with Gasteiger partial charge in [-0.05, 0) is 67.8 Å². The van der Waals surface area contributed by atoms with E-state index in [4.69, 9.17) is 23.7 Å². The number of benzene rings is 3. The van der Waals surface area contributed by atoms with Gasteiger partial charge in [0, 0.05) is 24.0 Å². The summed E-state index contributed by atoms with van der Waals surface area (Å²) >= 11 is 1.21. The number of thioether (sulfide) groups is 1. The average molecular weight is 661 g/mol. The molecule has 0 saturated heterocycles. The van der Waals surface area contributed by atoms with Gasteiger partial charge in [0.15, 0.2) is 16.7 Å². The third kappa shape index (κ3) is 8.44. The first-order chi connectivity index (χ1) is 22.6. The van der Waals surface area contributed by atoms with Crippen LogP contribution in [0.5, 0.6) is 28.7 Å². The van der Waals surface area contributed by atoms with Crippen LogP contribution in [0.3, 0.4) is 0 Å². The number of hydrogen-bond acceptors (Lipinski definition) is 10. The summed E-state index contributed by atoms with van der Waals surface area (Å²) in [5.74, 6) is 1.16. The van der Waals surface area contributed by atoms with Gasteiger partial charge >= 0.3 is 0 Å². The molecule has 1 unspecified atom stereocenters. The first kappa shape index (κ1) is 34.9. The highest BCUT2D eigenvalue weighted by molar-refractivity contribution is 7.99. The van der Waals surface area contributed by atoms with Crippen molar-refractivity contribution < 1.29 is 33.3 Å². The SMILES string of the molecule is COc1ccc(NC(=O)C(c2cc(OC)c(OC)c(OC)c2)N(Cc2ccccc2C)C(=O)CSc2nc(C)cc(C)n2)c(OC)c1. The lowest BCUT2D eigenvalue weighted by atomic mass is 10.0. The van der Waals surface area contributed by atoms with Gasteiger partial charge in [0.2, 0.25) is 11.7 Å². The minimum absolute atomic E-state index is 0.0190. The fourth-order valence-electron chi connectivity index (χ4n) is 5.10. The summed E-state index contributed by atoms with van der Waals surface area (Å²) in [6.45, 7) is 5.85. The van der Waals surface area contributed by atoms with Crippen molar-refractivity contribution in [2.75, 3.05) is 46.6 Å². The largest absolute Gasteiger partial charge is 0.497 e. The van der Waals surface area contributed by atoms with Crippen LogP contribution in [0, 0.1) is 20.8 Å². The van der Waals surface area contributed by atoms with Crippen LogP contribution in [0.2, 0.25) is 0 Å². The van der Waals surface area contributed by atoms with Crippen molar-refractivity contribution in [3.63, 3.8) is 0 Å². The van der Waals surface area contributed by atoms with E-state index >= 15 is 0 Å². The van der Waals surface area contributed by atoms with E-state index in [2.05, 4.69) is 15.3 Å². The van der Waals surface area contributed by atoms with E-state index in [0.717, 1.165) is 22.5 Å². The molecule has 0 aliphatic carbocycles. The summed E-state index contributed by atoms with van der Waals surface area (Å²) in [5.41, 5.74) is 4.29. The quantitative estimate of drug-likeness (QED) is 0.128. The Morgan fingerprint density at radius 2 is 1.43 bits per heavy atom. The van der Waals surface area contributed by atoms with Crippen LogP contribution in [-0.4, -0.2) is 68.0 Å². The molecule has 1 N–H and O–H groups in total. The van der Waals surface area contributed by atoms with Gasteiger partial charge in [0.05, 0.1) is 47.0 Å². The lowest BCUT2D eigenvalue weighted by molar-refractivity contribution is -0.137. The number of aryl methyl sites for hydroxylation is 3. The molecule has 1 atom stereocenters. The van der Waals surface area contributed by atoms with E-state index in [-0.39, 0.29) is 18.2 Å². The molecule has 248 valence electrons. The minimum atomic E-state index is -1.15. The first-order valence-corrected chi connectivity index (χ1v) is 15.7. The molecule has 0 aliphatic heterocycles. The van der Waals surface area contributed by atoms with Crippen molar-refractivity contribution >= 4 is 29.3 Å². The number of ether oxygens (including phenoxy) is 5. The lowest BCUT2D eigenvalue weighted by Gasteiger charge is -2.32. The highest BCUT2D eigenvalue weighted by atomic mass is 32.2. The Balaban J connectivity index is 1.86. The predicted molar refractivity (Wildman–Crippen MR) is 181 cm³/mol. The van der Waals surface area contributed by atoms with E-state index in [1.807, 2.05) is 51.1 Å². The number of carbonyl (C=O) groups excluding carboxylic acids is 2. The van der Waals surface area contributed by atoms with Crippen LogP contribution in [0.15, 0.2) is 65.8 Å². The molecule has 2 amide bonds. The maximum absolute atomic E-state index is 14.5. The molecule has 11 nitrogen and oxygen atoms in total. The molecule has 12 heteroatoms. The summed E-state index contributed by atoms with van der Waals surface area (Å²) in [6.07, 6.45) is 0. The Kier molecular flexibility index (Phi) is 11.9. The molecule has 3 aromatic carbocycles. The number of methoxy groups -OCH3 is 5. The third-order valence-corrected chi connectivity index (χ3v) is 8.27. The monoisotopic (exact) mass is 660 g/mol. The van der Waals surface area contributed by atoms with E-state index in [9.17, 15) is 9.59 Å². The topological polar surface area (TPSA) is 121 Å². The molecule has 47 heavy (non-hydrogen) atoms. The Hall–Kier alpha value is -4.97. The van der Waals surface area contributed by atoms with Crippen molar-refractivity contribution in [3.05, 3.63) is 88.7 Å². The van der Waals surface area contributed by atoms with Crippen LogP contribution < -0.4 is 29.0 Å². The van der Waals surface area contributed by atoms with Crippen molar-refractivity contribution in [1.82, 2.24) is 14.9 Å². The number of nitrogens with zero attached hydrogens (tertiary/aromatic N) is 3. The van der Waals surface area contributed by atoms with E-state index in [1.165, 1.54) is 40.2 Å². The molecule has 0 radical (unpaired) electrons. The Bertz CT molecular complexity index is 1690. The van der Waals surface area contributed by atoms with Crippen LogP contribution in [0.1, 0.15) is 34.1 Å². The van der Waals surface area contributed by atoms with Crippen molar-refractivity contribution in [3.8, 4) is 28.7 Å². The fourth-order valence-corrected chi connectivity index (χ4v) is 5.93. The van der Waals surface area contributed by atoms with Crippen LogP contribution in [0.4, 0.5) is 5.69 Å². The summed E-state index contributed by atoms with van der Waals surface area (Å²) in [7, 11) is 7.54. The van der Waals surface area contributed by atoms with Gasteiger partial charge in [-0.25, -0.2) is 9.97 Å². The zero-order valence-corrected chi connectivity index (χ0v) is 28.7. The molecule has 0 fully saturated rings. The number of amides is 2. The maximum Gasteiger partial charge on any atom is 0.251 e. The molecule has 4 rings (SSSR count). The lowest BCUT2D eigenvalue weighted by Crippen LogP contribution is -2.42. The second kappa shape index (κ2) is 16.0. The van der Waals surface area contributed by atoms with Gasteiger partial charge in [0.1, 0.15) is 17.5 Å². The van der Waals surface area contributed by atoms with Gasteiger partial charge in [-0.2, -0.15) is 0 Å². The molecule has 0 saturated carbocycles. The molecule has 0 bridgehead atoms. The maximum atomic E-state index is 14.5. The number of hydrogen-bond donors (Lipinski definition) is 1. The van der Waals surface area contributed by atoms with Crippen LogP contribution in [-0.2, 0) is 16.1 Å². The molecule has 1 heterocycles. The molecular formula is C35H40N4O7S. The Labute approximate surface area is 279 Å². The molecule has 0 spiro atoms. The second-order valence-corrected chi connectivity index (χ2v) is 11.5. The molecule has 0 aliphatic rings. The molecule has 4 aromatic rings. The zero-order chi connectivity index (χ0) is 34.1. The van der Waals surface area contributed by atoms with Gasteiger partial charge < -0.3 is 33.9 Å². The standard InChI is InChI=1S/C35H40N4O7S/c1-21-11-9-10-12-24(21)19-39(31(40)20-47-35-36-22(2)15-23(3)37-35)32(25-16-29(44-6)33(46-8)30(17-25)45-7)34(41)38-27-14-13-26(42-4)18-28(27)43-5/h9-18,32H,19-20H2,1-8H3,(H,38,41). The summed E-state index contributed by atoms with van der Waals surface area (Å²) in [6, 6.07) is 16.9. The van der Waals surface area contributed by atoms with Gasteiger partial charge in [0.25, 0.3) is 5.91 Å². The highest BCUT2D eigenvalue weighted by Gasteiger charge is 2.34. The number of anilines is 1. The number of aromatic nitrogens is 2. The second-order valence-electron chi connectivity index (χ2n) is 10.6. The Morgan fingerprint density at radius 1 is 0.787 bits per heavy atom. The van der Waals surface area contributed by atoms with E-state index < -0.39 is 11.9 Å². The first-order valence-electron chi connectivity index (χ1n) is 14.7. The smallest absolute Gasteiger partial charge is 0.251 e. The zero-order valence-electron chi connectivity index (χ0n) is 27.9. The Morgan fingerprint density at radius 3 is 2.00 bits per heavy atom. The van der Waals surface area contributed by atoms with E-state index in [0.29, 0.717) is 45.2 Å². The summed E-state index contributed by atoms with van der Waals surface area (Å²) in [5, 5.41) is 3.46. The predicted octanol–water partition coefficient (Wildman–Crippen LogP) is 5.95. The average Bonchev–Trinajstić information content (AvgIpc) is 3.06. The van der Waals surface area contributed by atoms with Gasteiger partial charge in [-0.1, -0.05) is 36.0 Å². The normalized spacial score (nSPS) is 11.3.